The van der Waals surface area contributed by atoms with Crippen molar-refractivity contribution >= 4 is 39.7 Å². The predicted molar refractivity (Wildman–Crippen MR) is 133 cm³/mol. The molecule has 4 rings (SSSR count). The van der Waals surface area contributed by atoms with Crippen LogP contribution in [0.15, 0.2) is 57.8 Å². The molecule has 0 spiro atoms. The molecule has 3 aromatic rings. The second-order valence-corrected chi connectivity index (χ2v) is 10.6. The molecule has 2 aromatic carbocycles. The van der Waals surface area contributed by atoms with Crippen molar-refractivity contribution in [2.75, 3.05) is 31.1 Å². The maximum absolute atomic E-state index is 13.1. The Labute approximate surface area is 204 Å². The molecule has 1 saturated heterocycles. The van der Waals surface area contributed by atoms with E-state index >= 15 is 0 Å². The Morgan fingerprint density at radius 1 is 1.06 bits per heavy atom. The number of aromatic nitrogens is 1. The first-order chi connectivity index (χ1) is 16.3. The molecular formula is C25H25ClN4O3S. The van der Waals surface area contributed by atoms with Gasteiger partial charge in [-0.1, -0.05) is 55.8 Å². The van der Waals surface area contributed by atoms with Crippen LogP contribution in [-0.4, -0.2) is 43.9 Å². The molecule has 7 nitrogen and oxygen atoms in total. The van der Waals surface area contributed by atoms with E-state index in [2.05, 4.69) is 24.9 Å². The Morgan fingerprint density at radius 2 is 1.74 bits per heavy atom. The highest BCUT2D eigenvalue weighted by Crippen LogP contribution is 2.27. The van der Waals surface area contributed by atoms with Crippen molar-refractivity contribution in [3.05, 3.63) is 76.3 Å². The van der Waals surface area contributed by atoms with Crippen LogP contribution in [0, 0.1) is 11.3 Å². The van der Waals surface area contributed by atoms with Gasteiger partial charge in [0.05, 0.1) is 4.90 Å². The van der Waals surface area contributed by atoms with Gasteiger partial charge in [-0.2, -0.15) is 14.6 Å². The van der Waals surface area contributed by atoms with Crippen LogP contribution in [0.1, 0.15) is 42.5 Å². The van der Waals surface area contributed by atoms with Crippen LogP contribution in [0.25, 0.3) is 12.2 Å². The van der Waals surface area contributed by atoms with E-state index in [4.69, 9.17) is 16.0 Å². The lowest BCUT2D eigenvalue weighted by Crippen LogP contribution is -2.48. The molecule has 0 unspecified atom stereocenters. The highest BCUT2D eigenvalue weighted by molar-refractivity contribution is 7.89. The lowest BCUT2D eigenvalue weighted by molar-refractivity contribution is 0.373. The minimum absolute atomic E-state index is 0.166. The number of piperazine rings is 1. The van der Waals surface area contributed by atoms with Crippen LogP contribution in [0.5, 0.6) is 0 Å². The normalized spacial score (nSPS) is 15.2. The summed E-state index contributed by atoms with van der Waals surface area (Å²) in [7, 11) is -3.59. The van der Waals surface area contributed by atoms with Gasteiger partial charge in [-0.05, 0) is 41.3 Å². The molecule has 0 radical (unpaired) electrons. The molecule has 0 bridgehead atoms. The number of hydrogen-bond acceptors (Lipinski definition) is 6. The summed E-state index contributed by atoms with van der Waals surface area (Å²) in [4.78, 5) is 6.40. The topological polar surface area (TPSA) is 90.4 Å². The Hall–Kier alpha value is -3.12. The molecule has 34 heavy (non-hydrogen) atoms. The first-order valence-corrected chi connectivity index (χ1v) is 12.8. The smallest absolute Gasteiger partial charge is 0.243 e. The van der Waals surface area contributed by atoms with E-state index in [1.807, 2.05) is 35.2 Å². The average molecular weight is 497 g/mol. The number of nitrogens with zero attached hydrogens (tertiary/aromatic N) is 4. The summed E-state index contributed by atoms with van der Waals surface area (Å²) in [5.41, 5.74) is 2.07. The summed E-state index contributed by atoms with van der Waals surface area (Å²) in [6, 6.07) is 16.5. The number of oxazole rings is 1. The molecular weight excluding hydrogens is 472 g/mol. The van der Waals surface area contributed by atoms with E-state index in [9.17, 15) is 13.7 Å². The fourth-order valence-electron chi connectivity index (χ4n) is 3.76. The molecule has 2 heterocycles. The van der Waals surface area contributed by atoms with Gasteiger partial charge in [0.1, 0.15) is 6.07 Å². The number of nitriles is 1. The minimum atomic E-state index is -3.59. The van der Waals surface area contributed by atoms with E-state index in [0.29, 0.717) is 29.9 Å². The van der Waals surface area contributed by atoms with Gasteiger partial charge in [-0.25, -0.2) is 8.42 Å². The van der Waals surface area contributed by atoms with E-state index in [1.54, 1.807) is 30.4 Å². The lowest BCUT2D eigenvalue weighted by atomic mass is 10.0. The molecule has 1 aliphatic heterocycles. The van der Waals surface area contributed by atoms with Gasteiger partial charge in [0, 0.05) is 37.3 Å². The Bertz CT molecular complexity index is 1330. The monoisotopic (exact) mass is 496 g/mol. The summed E-state index contributed by atoms with van der Waals surface area (Å²) in [6.07, 6.45) is 3.43. The van der Waals surface area contributed by atoms with E-state index in [1.165, 1.54) is 4.31 Å². The molecule has 0 amide bonds. The van der Waals surface area contributed by atoms with Crippen LogP contribution < -0.4 is 4.90 Å². The number of rotatable bonds is 6. The summed E-state index contributed by atoms with van der Waals surface area (Å²) in [5.74, 6) is 0.965. The first-order valence-electron chi connectivity index (χ1n) is 11.0. The van der Waals surface area contributed by atoms with Crippen LogP contribution in [0.2, 0.25) is 5.02 Å². The van der Waals surface area contributed by atoms with Gasteiger partial charge in [-0.15, -0.1) is 0 Å². The van der Waals surface area contributed by atoms with Crippen molar-refractivity contribution in [1.29, 1.82) is 5.26 Å². The maximum atomic E-state index is 13.1. The Kier molecular flexibility index (Phi) is 7.08. The fourth-order valence-corrected chi connectivity index (χ4v) is 5.38. The van der Waals surface area contributed by atoms with E-state index in [0.717, 1.165) is 11.1 Å². The van der Waals surface area contributed by atoms with Crippen molar-refractivity contribution in [2.45, 2.75) is 24.7 Å². The second kappa shape index (κ2) is 10.0. The summed E-state index contributed by atoms with van der Waals surface area (Å²) in [6.45, 7) is 5.48. The van der Waals surface area contributed by atoms with Crippen LogP contribution in [0.4, 0.5) is 5.88 Å². The van der Waals surface area contributed by atoms with Crippen molar-refractivity contribution in [2.24, 2.45) is 0 Å². The zero-order valence-corrected chi connectivity index (χ0v) is 20.6. The van der Waals surface area contributed by atoms with E-state index < -0.39 is 10.0 Å². The molecule has 0 N–H and O–H groups in total. The maximum Gasteiger partial charge on any atom is 0.243 e. The Morgan fingerprint density at radius 3 is 2.35 bits per heavy atom. The molecule has 0 atom stereocenters. The molecule has 0 saturated carbocycles. The van der Waals surface area contributed by atoms with Crippen molar-refractivity contribution < 1.29 is 12.8 Å². The highest BCUT2D eigenvalue weighted by atomic mass is 35.5. The number of benzene rings is 2. The molecule has 1 aliphatic rings. The van der Waals surface area contributed by atoms with Gasteiger partial charge in [0.2, 0.25) is 27.5 Å². The molecule has 1 aromatic heterocycles. The largest absolute Gasteiger partial charge is 0.420 e. The van der Waals surface area contributed by atoms with Gasteiger partial charge in [0.25, 0.3) is 0 Å². The third kappa shape index (κ3) is 5.02. The van der Waals surface area contributed by atoms with Crippen molar-refractivity contribution in [1.82, 2.24) is 9.29 Å². The second-order valence-electron chi connectivity index (χ2n) is 8.29. The summed E-state index contributed by atoms with van der Waals surface area (Å²) < 4.78 is 33.5. The third-order valence-electron chi connectivity index (χ3n) is 5.75. The standard InChI is InChI=1S/C25H25ClN4O3S/c1-18(2)19-7-10-21(11-8-19)34(31,32)30-15-13-29(14-16-30)25-23(17-27)28-24(33-25)12-9-20-5-3-4-6-22(20)26/h3-12,18H,13-16H2,1-2H3/b12-9+. The van der Waals surface area contributed by atoms with Gasteiger partial charge in [-0.3, -0.25) is 0 Å². The van der Waals surface area contributed by atoms with Crippen molar-refractivity contribution in [3.63, 3.8) is 0 Å². The highest BCUT2D eigenvalue weighted by Gasteiger charge is 2.31. The third-order valence-corrected chi connectivity index (χ3v) is 8.01. The molecule has 9 heteroatoms. The number of hydrogen-bond donors (Lipinski definition) is 0. The minimum Gasteiger partial charge on any atom is -0.420 e. The van der Waals surface area contributed by atoms with Crippen LogP contribution in [0.3, 0.4) is 0 Å². The zero-order valence-electron chi connectivity index (χ0n) is 19.0. The van der Waals surface area contributed by atoms with Gasteiger partial charge in [0.15, 0.2) is 0 Å². The van der Waals surface area contributed by atoms with E-state index in [-0.39, 0.29) is 29.6 Å². The van der Waals surface area contributed by atoms with Crippen LogP contribution >= 0.6 is 11.6 Å². The number of anilines is 1. The molecule has 0 aliphatic carbocycles. The lowest BCUT2D eigenvalue weighted by Gasteiger charge is -2.33. The molecule has 176 valence electrons. The fraction of sp³-hybridized carbons (Fsp3) is 0.280. The van der Waals surface area contributed by atoms with Crippen molar-refractivity contribution in [3.8, 4) is 6.07 Å². The molecule has 1 fully saturated rings. The predicted octanol–water partition coefficient (Wildman–Crippen LogP) is 5.00. The SMILES string of the molecule is CC(C)c1ccc(S(=O)(=O)N2CCN(c3oc(/C=C/c4ccccc4Cl)nc3C#N)CC2)cc1. The first kappa shape index (κ1) is 24.0. The average Bonchev–Trinajstić information content (AvgIpc) is 3.27. The van der Waals surface area contributed by atoms with Gasteiger partial charge < -0.3 is 9.32 Å². The number of sulfonamides is 1. The Balaban J connectivity index is 1.46. The van der Waals surface area contributed by atoms with Crippen LogP contribution in [-0.2, 0) is 10.0 Å². The number of halogens is 1. The zero-order chi connectivity index (χ0) is 24.3. The summed E-state index contributed by atoms with van der Waals surface area (Å²) >= 11 is 6.18. The summed E-state index contributed by atoms with van der Waals surface area (Å²) in [5, 5.41) is 10.1. The quantitative estimate of drug-likeness (QED) is 0.476. The van der Waals surface area contributed by atoms with Gasteiger partial charge >= 0.3 is 0 Å².